The Hall–Kier alpha value is 0.1000. The Labute approximate surface area is 78.2 Å². The van der Waals surface area contributed by atoms with Crippen LogP contribution in [0.2, 0.25) is 0 Å². The fourth-order valence-electron chi connectivity index (χ4n) is 1.40. The number of hydrogen-bond acceptors (Lipinski definition) is 3. The SMILES string of the molecule is CCC(CC)(P(=O)(O)O)S(C)(=O)=O. The highest BCUT2D eigenvalue weighted by Gasteiger charge is 2.52. The Morgan fingerprint density at radius 3 is 1.54 bits per heavy atom. The molecule has 0 aliphatic heterocycles. The first-order valence-electron chi connectivity index (χ1n) is 3.87. The smallest absolute Gasteiger partial charge is 0.323 e. The van der Waals surface area contributed by atoms with Gasteiger partial charge in [-0.15, -0.1) is 0 Å². The highest BCUT2D eigenvalue weighted by Crippen LogP contribution is 2.57. The molecule has 0 atom stereocenters. The predicted molar refractivity (Wildman–Crippen MR) is 50.2 cm³/mol. The molecule has 13 heavy (non-hydrogen) atoms. The van der Waals surface area contributed by atoms with E-state index in [1.165, 1.54) is 13.8 Å². The Kier molecular flexibility index (Phi) is 3.72. The summed E-state index contributed by atoms with van der Waals surface area (Å²) in [6.45, 7) is 2.92. The van der Waals surface area contributed by atoms with Crippen molar-refractivity contribution < 1.29 is 22.8 Å². The van der Waals surface area contributed by atoms with E-state index in [9.17, 15) is 13.0 Å². The van der Waals surface area contributed by atoms with Crippen LogP contribution in [-0.4, -0.2) is 28.9 Å². The van der Waals surface area contributed by atoms with Crippen LogP contribution in [0.1, 0.15) is 26.7 Å². The topological polar surface area (TPSA) is 91.7 Å². The fourth-order valence-corrected chi connectivity index (χ4v) is 5.00. The minimum Gasteiger partial charge on any atom is -0.323 e. The Bertz CT molecular complexity index is 310. The number of rotatable bonds is 4. The summed E-state index contributed by atoms with van der Waals surface area (Å²) >= 11 is 0. The van der Waals surface area contributed by atoms with Crippen molar-refractivity contribution in [2.24, 2.45) is 0 Å². The van der Waals surface area contributed by atoms with Crippen LogP contribution in [0.4, 0.5) is 0 Å². The first kappa shape index (κ1) is 13.1. The van der Waals surface area contributed by atoms with E-state index < -0.39 is 21.9 Å². The van der Waals surface area contributed by atoms with Gasteiger partial charge in [-0.25, -0.2) is 8.42 Å². The van der Waals surface area contributed by atoms with E-state index in [1.54, 1.807) is 0 Å². The Balaban J connectivity index is 5.60. The van der Waals surface area contributed by atoms with E-state index in [4.69, 9.17) is 9.79 Å². The van der Waals surface area contributed by atoms with Crippen molar-refractivity contribution in [2.45, 2.75) is 31.2 Å². The first-order chi connectivity index (χ1) is 5.62. The maximum atomic E-state index is 11.3. The lowest BCUT2D eigenvalue weighted by atomic mass is 10.2. The van der Waals surface area contributed by atoms with Crippen LogP contribution in [0, 0.1) is 0 Å². The quantitative estimate of drug-likeness (QED) is 0.694. The molecule has 0 aromatic carbocycles. The van der Waals surface area contributed by atoms with Crippen LogP contribution >= 0.6 is 7.60 Å². The molecule has 0 saturated heterocycles. The van der Waals surface area contributed by atoms with Gasteiger partial charge in [0.05, 0.1) is 0 Å². The molecule has 0 aliphatic rings. The van der Waals surface area contributed by atoms with Crippen LogP contribution in [-0.2, 0) is 14.4 Å². The molecule has 0 amide bonds. The molecule has 0 radical (unpaired) electrons. The van der Waals surface area contributed by atoms with E-state index in [0.29, 0.717) is 0 Å². The third kappa shape index (κ3) is 2.13. The molecule has 80 valence electrons. The minimum absolute atomic E-state index is 0.0768. The van der Waals surface area contributed by atoms with E-state index in [0.717, 1.165) is 6.26 Å². The van der Waals surface area contributed by atoms with Crippen molar-refractivity contribution in [3.05, 3.63) is 0 Å². The standard InChI is InChI=1S/C6H15O5PS/c1-4-6(5-2,12(7,8)9)13(3,10)11/h4-5H2,1-3H3,(H2,7,8,9). The largest absolute Gasteiger partial charge is 0.346 e. The molecule has 0 rings (SSSR count). The van der Waals surface area contributed by atoms with Crippen LogP contribution in [0.3, 0.4) is 0 Å². The maximum absolute atomic E-state index is 11.3. The molecular formula is C6H15O5PS. The van der Waals surface area contributed by atoms with Gasteiger partial charge in [-0.1, -0.05) is 13.8 Å². The molecule has 0 aromatic rings. The van der Waals surface area contributed by atoms with Gasteiger partial charge in [0.15, 0.2) is 14.3 Å². The van der Waals surface area contributed by atoms with Crippen LogP contribution in [0.15, 0.2) is 0 Å². The molecule has 0 aliphatic carbocycles. The zero-order valence-electron chi connectivity index (χ0n) is 7.89. The molecule has 2 N–H and O–H groups in total. The summed E-state index contributed by atoms with van der Waals surface area (Å²) in [5.74, 6) is 0. The maximum Gasteiger partial charge on any atom is 0.346 e. The second-order valence-electron chi connectivity index (χ2n) is 2.97. The summed E-state index contributed by atoms with van der Waals surface area (Å²) in [5, 5.41) is 0. The van der Waals surface area contributed by atoms with Gasteiger partial charge in [-0.05, 0) is 12.8 Å². The Morgan fingerprint density at radius 1 is 1.23 bits per heavy atom. The van der Waals surface area contributed by atoms with Crippen molar-refractivity contribution >= 4 is 17.4 Å². The van der Waals surface area contributed by atoms with Gasteiger partial charge >= 0.3 is 7.60 Å². The predicted octanol–water partition coefficient (Wildman–Crippen LogP) is 0.725. The molecule has 7 heteroatoms. The molecule has 0 spiro atoms. The van der Waals surface area contributed by atoms with Crippen molar-refractivity contribution in [1.29, 1.82) is 0 Å². The third-order valence-electron chi connectivity index (χ3n) is 2.33. The summed E-state index contributed by atoms with van der Waals surface area (Å²) in [4.78, 5) is 18.0. The molecule has 0 fully saturated rings. The third-order valence-corrected chi connectivity index (χ3v) is 7.69. The Morgan fingerprint density at radius 2 is 1.54 bits per heavy atom. The number of sulfone groups is 1. The zero-order chi connectivity index (χ0) is 10.9. The van der Waals surface area contributed by atoms with Crippen LogP contribution < -0.4 is 0 Å². The van der Waals surface area contributed by atoms with Gasteiger partial charge in [-0.2, -0.15) is 0 Å². The van der Waals surface area contributed by atoms with E-state index >= 15 is 0 Å². The molecule has 0 aromatic heterocycles. The van der Waals surface area contributed by atoms with Crippen molar-refractivity contribution in [3.63, 3.8) is 0 Å². The molecule has 5 nitrogen and oxygen atoms in total. The lowest BCUT2D eigenvalue weighted by molar-refractivity contribution is 0.342. The second-order valence-corrected chi connectivity index (χ2v) is 7.54. The van der Waals surface area contributed by atoms with Crippen molar-refractivity contribution in [2.75, 3.05) is 6.26 Å². The number of hydrogen-bond donors (Lipinski definition) is 2. The second kappa shape index (κ2) is 3.69. The molecule has 0 heterocycles. The lowest BCUT2D eigenvalue weighted by Crippen LogP contribution is -2.36. The van der Waals surface area contributed by atoms with Gasteiger partial charge in [0, 0.05) is 6.26 Å². The summed E-state index contributed by atoms with van der Waals surface area (Å²) in [5.41, 5.74) is 0. The van der Waals surface area contributed by atoms with Gasteiger partial charge < -0.3 is 9.79 Å². The fraction of sp³-hybridized carbons (Fsp3) is 1.00. The average molecular weight is 230 g/mol. The summed E-state index contributed by atoms with van der Waals surface area (Å²) in [6.07, 6.45) is 0.707. The monoisotopic (exact) mass is 230 g/mol. The normalized spacial score (nSPS) is 14.5. The molecular weight excluding hydrogens is 215 g/mol. The van der Waals surface area contributed by atoms with Crippen molar-refractivity contribution in [1.82, 2.24) is 0 Å². The van der Waals surface area contributed by atoms with Gasteiger partial charge in [0.25, 0.3) is 0 Å². The molecule has 0 bridgehead atoms. The van der Waals surface area contributed by atoms with Gasteiger partial charge in [0.1, 0.15) is 0 Å². The highest BCUT2D eigenvalue weighted by molar-refractivity contribution is 7.98. The van der Waals surface area contributed by atoms with Crippen molar-refractivity contribution in [3.8, 4) is 0 Å². The average Bonchev–Trinajstić information content (AvgIpc) is 1.84. The van der Waals surface area contributed by atoms with Crippen LogP contribution in [0.5, 0.6) is 0 Å². The first-order valence-corrected chi connectivity index (χ1v) is 7.38. The lowest BCUT2D eigenvalue weighted by Gasteiger charge is -2.29. The van der Waals surface area contributed by atoms with E-state index in [1.807, 2.05) is 0 Å². The summed E-state index contributed by atoms with van der Waals surface area (Å²) < 4.78 is 31.7. The summed E-state index contributed by atoms with van der Waals surface area (Å²) in [7, 11) is -8.36. The molecule has 0 saturated carbocycles. The van der Waals surface area contributed by atoms with Gasteiger partial charge in [0.2, 0.25) is 0 Å². The zero-order valence-corrected chi connectivity index (χ0v) is 9.60. The summed E-state index contributed by atoms with van der Waals surface area (Å²) in [6, 6.07) is 0. The van der Waals surface area contributed by atoms with Crippen LogP contribution in [0.25, 0.3) is 0 Å². The van der Waals surface area contributed by atoms with E-state index in [2.05, 4.69) is 0 Å². The molecule has 0 unspecified atom stereocenters. The highest BCUT2D eigenvalue weighted by atomic mass is 32.2. The minimum atomic E-state index is -4.62. The van der Waals surface area contributed by atoms with Gasteiger partial charge in [-0.3, -0.25) is 4.57 Å². The van der Waals surface area contributed by atoms with E-state index in [-0.39, 0.29) is 12.8 Å².